The monoisotopic (exact) mass is 705 g/mol. The summed E-state index contributed by atoms with van der Waals surface area (Å²) in [6.45, 7) is 0. The molecule has 1 aliphatic carbocycles. The Morgan fingerprint density at radius 3 is 1.27 bits per heavy atom. The van der Waals surface area contributed by atoms with Crippen molar-refractivity contribution in [3.63, 3.8) is 0 Å². The van der Waals surface area contributed by atoms with Crippen molar-refractivity contribution in [3.8, 4) is 73.3 Å². The van der Waals surface area contributed by atoms with E-state index in [4.69, 9.17) is 19.7 Å². The standard InChI is InChI=1S/C51H35N3O/c1-4-11-34(12-5-1)37-19-21-40(22-20-37)43-31-32-46-45(33-43)48-44(17-10-18-47(48)55-46)51-53-49(41-27-23-38(24-28-41)35-13-6-2-7-14-35)52-50(54-51)42-29-25-39(26-30-42)36-15-8-3-9-16-36/h1-33,45-46H. The molecule has 7 aromatic carbocycles. The molecule has 0 radical (unpaired) electrons. The summed E-state index contributed by atoms with van der Waals surface area (Å²) in [4.78, 5) is 15.4. The van der Waals surface area contributed by atoms with Gasteiger partial charge in [-0.25, -0.2) is 15.0 Å². The molecule has 260 valence electrons. The molecule has 0 spiro atoms. The van der Waals surface area contributed by atoms with Crippen molar-refractivity contribution in [2.24, 2.45) is 0 Å². The summed E-state index contributed by atoms with van der Waals surface area (Å²) in [7, 11) is 0. The van der Waals surface area contributed by atoms with Crippen LogP contribution >= 0.6 is 0 Å². The smallest absolute Gasteiger partial charge is 0.164 e. The lowest BCUT2D eigenvalue weighted by Crippen LogP contribution is -2.17. The Morgan fingerprint density at radius 2 is 0.782 bits per heavy atom. The lowest BCUT2D eigenvalue weighted by atomic mass is 9.84. The topological polar surface area (TPSA) is 47.9 Å². The van der Waals surface area contributed by atoms with Gasteiger partial charge in [-0.05, 0) is 56.7 Å². The van der Waals surface area contributed by atoms with E-state index < -0.39 is 0 Å². The van der Waals surface area contributed by atoms with Crippen LogP contribution in [0, 0.1) is 0 Å². The lowest BCUT2D eigenvalue weighted by molar-refractivity contribution is 0.269. The van der Waals surface area contributed by atoms with Gasteiger partial charge in [0.25, 0.3) is 0 Å². The van der Waals surface area contributed by atoms with E-state index in [2.05, 4.69) is 176 Å². The molecule has 1 aromatic heterocycles. The number of ether oxygens (including phenoxy) is 1. The summed E-state index contributed by atoms with van der Waals surface area (Å²) in [5.41, 5.74) is 13.3. The van der Waals surface area contributed by atoms with Crippen LogP contribution in [0.3, 0.4) is 0 Å². The third-order valence-corrected chi connectivity index (χ3v) is 10.5. The normalized spacial score (nSPS) is 15.5. The second-order valence-corrected chi connectivity index (χ2v) is 13.9. The van der Waals surface area contributed by atoms with Crippen LogP contribution in [0.2, 0.25) is 0 Å². The molecule has 0 bridgehead atoms. The SMILES string of the molecule is C1=CC2Oc3cccc(-c4nc(-c5ccc(-c6ccccc6)cc5)nc(-c5ccc(-c6ccccc6)cc5)n4)c3C2C=C1c1ccc(-c2ccccc2)cc1. The predicted octanol–water partition coefficient (Wildman–Crippen LogP) is 12.4. The third kappa shape index (κ3) is 6.34. The number of allylic oxidation sites excluding steroid dienone is 2. The molecule has 1 aliphatic heterocycles. The van der Waals surface area contributed by atoms with Gasteiger partial charge < -0.3 is 4.74 Å². The molecule has 0 N–H and O–H groups in total. The fraction of sp³-hybridized carbons (Fsp3) is 0.0392. The number of hydrogen-bond acceptors (Lipinski definition) is 4. The zero-order valence-electron chi connectivity index (χ0n) is 30.0. The molecule has 0 saturated carbocycles. The van der Waals surface area contributed by atoms with Gasteiger partial charge >= 0.3 is 0 Å². The van der Waals surface area contributed by atoms with E-state index >= 15 is 0 Å². The minimum atomic E-state index is -0.111. The summed E-state index contributed by atoms with van der Waals surface area (Å²) < 4.78 is 6.57. The van der Waals surface area contributed by atoms with Gasteiger partial charge in [0.15, 0.2) is 17.5 Å². The highest BCUT2D eigenvalue weighted by Gasteiger charge is 2.36. The molecule has 2 unspecified atom stereocenters. The first-order valence-corrected chi connectivity index (χ1v) is 18.7. The maximum atomic E-state index is 6.57. The minimum absolute atomic E-state index is 0.000947. The molecule has 0 fully saturated rings. The van der Waals surface area contributed by atoms with Gasteiger partial charge in [0.05, 0.1) is 0 Å². The van der Waals surface area contributed by atoms with Crippen molar-refractivity contribution in [1.82, 2.24) is 15.0 Å². The Balaban J connectivity index is 1.05. The quantitative estimate of drug-likeness (QED) is 0.166. The van der Waals surface area contributed by atoms with Crippen LogP contribution in [-0.2, 0) is 0 Å². The molecule has 2 aliphatic rings. The van der Waals surface area contributed by atoms with E-state index in [1.54, 1.807) is 0 Å². The maximum Gasteiger partial charge on any atom is 0.164 e. The molecule has 0 amide bonds. The minimum Gasteiger partial charge on any atom is -0.485 e. The first kappa shape index (κ1) is 32.5. The third-order valence-electron chi connectivity index (χ3n) is 10.5. The van der Waals surface area contributed by atoms with Crippen LogP contribution < -0.4 is 4.74 Å². The van der Waals surface area contributed by atoms with E-state index in [1.807, 2.05) is 24.3 Å². The van der Waals surface area contributed by atoms with Crippen molar-refractivity contribution in [2.75, 3.05) is 0 Å². The summed E-state index contributed by atoms with van der Waals surface area (Å²) in [6, 6.07) is 63.2. The molecule has 10 rings (SSSR count). The Morgan fingerprint density at radius 1 is 0.364 bits per heavy atom. The number of nitrogens with zero attached hydrogens (tertiary/aromatic N) is 3. The Bertz CT molecular complexity index is 2590. The molecule has 55 heavy (non-hydrogen) atoms. The van der Waals surface area contributed by atoms with Gasteiger partial charge in [-0.1, -0.05) is 188 Å². The summed E-state index contributed by atoms with van der Waals surface area (Å²) in [6.07, 6.45) is 6.59. The highest BCUT2D eigenvalue weighted by atomic mass is 16.5. The number of hydrogen-bond donors (Lipinski definition) is 0. The molecule has 8 aromatic rings. The fourth-order valence-corrected chi connectivity index (χ4v) is 7.67. The van der Waals surface area contributed by atoms with Crippen LogP contribution in [0.5, 0.6) is 5.75 Å². The average Bonchev–Trinajstić information content (AvgIpc) is 3.66. The molecule has 2 atom stereocenters. The number of rotatable bonds is 7. The van der Waals surface area contributed by atoms with Crippen molar-refractivity contribution in [1.29, 1.82) is 0 Å². The van der Waals surface area contributed by atoms with Crippen LogP contribution in [0.15, 0.2) is 200 Å². The number of benzene rings is 7. The second kappa shape index (κ2) is 14.0. The number of aromatic nitrogens is 3. The van der Waals surface area contributed by atoms with Crippen molar-refractivity contribution >= 4 is 5.57 Å². The van der Waals surface area contributed by atoms with Crippen LogP contribution in [0.25, 0.3) is 73.1 Å². The van der Waals surface area contributed by atoms with E-state index in [0.29, 0.717) is 17.5 Å². The van der Waals surface area contributed by atoms with E-state index in [9.17, 15) is 0 Å². The summed E-state index contributed by atoms with van der Waals surface area (Å²) in [5, 5.41) is 0. The Kier molecular flexibility index (Phi) is 8.27. The summed E-state index contributed by atoms with van der Waals surface area (Å²) >= 11 is 0. The Labute approximate surface area is 320 Å². The average molecular weight is 706 g/mol. The van der Waals surface area contributed by atoms with E-state index in [-0.39, 0.29) is 12.0 Å². The van der Waals surface area contributed by atoms with Gasteiger partial charge in [-0.3, -0.25) is 0 Å². The summed E-state index contributed by atoms with van der Waals surface area (Å²) in [5.74, 6) is 2.73. The highest BCUT2D eigenvalue weighted by molar-refractivity contribution is 5.81. The zero-order chi connectivity index (χ0) is 36.6. The first-order valence-electron chi connectivity index (χ1n) is 18.7. The fourth-order valence-electron chi connectivity index (χ4n) is 7.67. The maximum absolute atomic E-state index is 6.57. The van der Waals surface area contributed by atoms with Gasteiger partial charge in [0.1, 0.15) is 11.9 Å². The Hall–Kier alpha value is -7.17. The largest absolute Gasteiger partial charge is 0.485 e. The van der Waals surface area contributed by atoms with Gasteiger partial charge in [-0.15, -0.1) is 0 Å². The van der Waals surface area contributed by atoms with E-state index in [1.165, 1.54) is 33.4 Å². The van der Waals surface area contributed by atoms with Gasteiger partial charge in [-0.2, -0.15) is 0 Å². The molecule has 4 nitrogen and oxygen atoms in total. The van der Waals surface area contributed by atoms with Crippen LogP contribution in [0.1, 0.15) is 17.0 Å². The van der Waals surface area contributed by atoms with Crippen LogP contribution in [-0.4, -0.2) is 21.1 Å². The second-order valence-electron chi connectivity index (χ2n) is 13.9. The lowest BCUT2D eigenvalue weighted by Gasteiger charge is -2.20. The van der Waals surface area contributed by atoms with Gasteiger partial charge in [0.2, 0.25) is 0 Å². The van der Waals surface area contributed by atoms with Crippen molar-refractivity contribution < 1.29 is 4.74 Å². The molecular weight excluding hydrogens is 671 g/mol. The predicted molar refractivity (Wildman–Crippen MR) is 223 cm³/mol. The highest BCUT2D eigenvalue weighted by Crippen LogP contribution is 2.48. The molecule has 2 heterocycles. The molecule has 0 saturated heterocycles. The first-order chi connectivity index (χ1) is 27.2. The molecular formula is C51H35N3O. The van der Waals surface area contributed by atoms with Gasteiger partial charge in [0, 0.05) is 28.2 Å². The molecule has 4 heteroatoms. The van der Waals surface area contributed by atoms with Crippen molar-refractivity contribution in [3.05, 3.63) is 211 Å². The van der Waals surface area contributed by atoms with Crippen LogP contribution in [0.4, 0.5) is 0 Å². The van der Waals surface area contributed by atoms with E-state index in [0.717, 1.165) is 39.1 Å². The number of fused-ring (bicyclic) bond motifs is 3. The van der Waals surface area contributed by atoms with Crippen molar-refractivity contribution in [2.45, 2.75) is 12.0 Å². The zero-order valence-corrected chi connectivity index (χ0v) is 30.0.